The second-order valence-corrected chi connectivity index (χ2v) is 9.78. The number of carbonyl (C=O) groups excluding carboxylic acids is 2. The zero-order valence-electron chi connectivity index (χ0n) is 20.2. The van der Waals surface area contributed by atoms with E-state index >= 15 is 0 Å². The fourth-order valence-corrected chi connectivity index (χ4v) is 6.33. The number of halogens is 1. The molecule has 3 aliphatic heterocycles. The summed E-state index contributed by atoms with van der Waals surface area (Å²) in [6.07, 6.45) is 0.186. The van der Waals surface area contributed by atoms with Crippen molar-refractivity contribution in [2.75, 3.05) is 25.6 Å². The van der Waals surface area contributed by atoms with Gasteiger partial charge in [0.05, 0.1) is 24.0 Å². The molecule has 2 aromatic carbocycles. The van der Waals surface area contributed by atoms with E-state index in [1.165, 1.54) is 16.8 Å². The molecule has 12 heteroatoms. The van der Waals surface area contributed by atoms with Crippen LogP contribution in [-0.4, -0.2) is 52.6 Å². The molecule has 2 amide bonds. The molecular weight excluding hydrogens is 502 g/mol. The van der Waals surface area contributed by atoms with Crippen molar-refractivity contribution in [3.63, 3.8) is 0 Å². The summed E-state index contributed by atoms with van der Waals surface area (Å²) < 4.78 is 11.0. The molecule has 3 atom stereocenters. The van der Waals surface area contributed by atoms with E-state index in [0.29, 0.717) is 28.6 Å². The van der Waals surface area contributed by atoms with Gasteiger partial charge in [-0.05, 0) is 42.8 Å². The zero-order chi connectivity index (χ0) is 26.2. The molecule has 37 heavy (non-hydrogen) atoms. The van der Waals surface area contributed by atoms with Gasteiger partial charge in [0, 0.05) is 36.3 Å². The first-order chi connectivity index (χ1) is 17.7. The van der Waals surface area contributed by atoms with Crippen molar-refractivity contribution in [3.8, 4) is 5.75 Å². The van der Waals surface area contributed by atoms with Crippen LogP contribution in [0.2, 0.25) is 5.02 Å². The van der Waals surface area contributed by atoms with Gasteiger partial charge in [0.25, 0.3) is 5.91 Å². The molecule has 2 saturated heterocycles. The molecule has 4 heterocycles. The van der Waals surface area contributed by atoms with Crippen molar-refractivity contribution in [1.29, 1.82) is 0 Å². The van der Waals surface area contributed by atoms with Gasteiger partial charge in [0.1, 0.15) is 5.75 Å². The van der Waals surface area contributed by atoms with Crippen molar-refractivity contribution in [2.45, 2.75) is 30.8 Å². The van der Waals surface area contributed by atoms with Gasteiger partial charge in [0.2, 0.25) is 11.7 Å². The second-order valence-electron chi connectivity index (χ2n) is 9.34. The number of nitro groups is 1. The zero-order valence-corrected chi connectivity index (χ0v) is 20.9. The predicted molar refractivity (Wildman–Crippen MR) is 131 cm³/mol. The summed E-state index contributed by atoms with van der Waals surface area (Å²) in [6, 6.07) is 11.6. The maximum absolute atomic E-state index is 14.3. The summed E-state index contributed by atoms with van der Waals surface area (Å²) >= 11 is 6.42. The summed E-state index contributed by atoms with van der Waals surface area (Å²) in [7, 11) is 3.17. The van der Waals surface area contributed by atoms with Crippen molar-refractivity contribution < 1.29 is 23.8 Å². The lowest BCUT2D eigenvalue weighted by Crippen LogP contribution is -2.54. The average molecular weight is 524 g/mol. The van der Waals surface area contributed by atoms with Gasteiger partial charge in [-0.1, -0.05) is 28.9 Å². The first kappa shape index (κ1) is 23.4. The summed E-state index contributed by atoms with van der Waals surface area (Å²) in [4.78, 5) is 41.0. The summed E-state index contributed by atoms with van der Waals surface area (Å²) in [5.41, 5.74) is -0.114. The smallest absolute Gasteiger partial charge is 0.334 e. The molecule has 0 radical (unpaired) electrons. The number of nitrogens with zero attached hydrogens (tertiary/aromatic N) is 5. The van der Waals surface area contributed by atoms with Crippen LogP contribution in [0.25, 0.3) is 0 Å². The Labute approximate surface area is 216 Å². The normalized spacial score (nSPS) is 24.8. The molecule has 6 rings (SSSR count). The Hall–Kier alpha value is -3.96. The Morgan fingerprint density at radius 1 is 1.22 bits per heavy atom. The monoisotopic (exact) mass is 523 g/mol. The average Bonchev–Trinajstić information content (AvgIpc) is 3.58. The fraction of sp³-hybridized carbons (Fsp3) is 0.320. The third-order valence-corrected chi connectivity index (χ3v) is 7.84. The first-order valence-corrected chi connectivity index (χ1v) is 12.0. The minimum Gasteiger partial charge on any atom is -0.497 e. The number of methoxy groups -OCH3 is 1. The van der Waals surface area contributed by atoms with Crippen LogP contribution in [0.1, 0.15) is 41.0 Å². The van der Waals surface area contributed by atoms with E-state index in [2.05, 4.69) is 5.16 Å². The number of carbonyl (C=O) groups is 2. The van der Waals surface area contributed by atoms with E-state index in [-0.39, 0.29) is 29.5 Å². The Balaban J connectivity index is 1.71. The van der Waals surface area contributed by atoms with Crippen LogP contribution in [0.3, 0.4) is 0 Å². The number of hydrogen-bond donors (Lipinski definition) is 0. The number of aryl methyl sites for hydroxylation is 1. The highest BCUT2D eigenvalue weighted by Crippen LogP contribution is 2.65. The minimum absolute atomic E-state index is 0.0694. The lowest BCUT2D eigenvalue weighted by molar-refractivity contribution is -0.386. The molecule has 0 N–H and O–H groups in total. The van der Waals surface area contributed by atoms with Crippen molar-refractivity contribution >= 4 is 34.8 Å². The van der Waals surface area contributed by atoms with Crippen LogP contribution in [0, 0.1) is 17.0 Å². The SMILES string of the molecule is COc1ccc(C2C(c3onc(C)c3[N+](=O)[O-])C3(C(=O)N(C)c4ccc(Cl)cc43)N3C(=O)CCN23)cc1. The molecule has 190 valence electrons. The summed E-state index contributed by atoms with van der Waals surface area (Å²) in [5.74, 6) is -1.12. The number of rotatable bonds is 4. The molecule has 1 aromatic heterocycles. The largest absolute Gasteiger partial charge is 0.497 e. The van der Waals surface area contributed by atoms with Crippen LogP contribution < -0.4 is 9.64 Å². The molecule has 3 aliphatic rings. The number of amides is 2. The van der Waals surface area contributed by atoms with Gasteiger partial charge in [-0.25, -0.2) is 5.01 Å². The number of ether oxygens (including phenoxy) is 1. The highest BCUT2D eigenvalue weighted by atomic mass is 35.5. The molecule has 2 fully saturated rings. The van der Waals surface area contributed by atoms with E-state index in [9.17, 15) is 19.7 Å². The number of hydrazine groups is 1. The molecule has 0 aliphatic carbocycles. The van der Waals surface area contributed by atoms with Crippen LogP contribution in [-0.2, 0) is 15.1 Å². The van der Waals surface area contributed by atoms with E-state index in [4.69, 9.17) is 20.9 Å². The number of fused-ring (bicyclic) bond motifs is 4. The Morgan fingerprint density at radius 2 is 1.95 bits per heavy atom. The van der Waals surface area contributed by atoms with Gasteiger partial charge < -0.3 is 14.2 Å². The first-order valence-electron chi connectivity index (χ1n) is 11.6. The van der Waals surface area contributed by atoms with Crippen molar-refractivity contribution in [3.05, 3.63) is 80.2 Å². The minimum atomic E-state index is -1.66. The third kappa shape index (κ3) is 2.95. The predicted octanol–water partition coefficient (Wildman–Crippen LogP) is 3.71. The molecular formula is C25H22ClN5O6. The number of aromatic nitrogens is 1. The third-order valence-electron chi connectivity index (χ3n) is 7.61. The number of hydrogen-bond acceptors (Lipinski definition) is 8. The van der Waals surface area contributed by atoms with E-state index in [1.807, 2.05) is 17.1 Å². The highest BCUT2D eigenvalue weighted by Gasteiger charge is 2.72. The van der Waals surface area contributed by atoms with Crippen molar-refractivity contribution in [2.24, 2.45) is 0 Å². The van der Waals surface area contributed by atoms with E-state index in [0.717, 1.165) is 5.56 Å². The Morgan fingerprint density at radius 3 is 2.62 bits per heavy atom. The van der Waals surface area contributed by atoms with Crippen molar-refractivity contribution in [1.82, 2.24) is 15.2 Å². The summed E-state index contributed by atoms with van der Waals surface area (Å²) in [5, 5.41) is 19.8. The Bertz CT molecular complexity index is 1470. The summed E-state index contributed by atoms with van der Waals surface area (Å²) in [6.45, 7) is 1.80. The maximum Gasteiger partial charge on any atom is 0.334 e. The topological polar surface area (TPSA) is 122 Å². The maximum atomic E-state index is 14.3. The lowest BCUT2D eigenvalue weighted by atomic mass is 9.72. The van der Waals surface area contributed by atoms with Gasteiger partial charge >= 0.3 is 5.69 Å². The number of likely N-dealkylation sites (N-methyl/N-ethyl adjacent to an activating group) is 1. The molecule has 3 aromatic rings. The Kier molecular flexibility index (Phi) is 5.08. The van der Waals surface area contributed by atoms with Gasteiger partial charge in [-0.15, -0.1) is 0 Å². The van der Waals surface area contributed by atoms with Crippen LogP contribution >= 0.6 is 11.6 Å². The van der Waals surface area contributed by atoms with Gasteiger partial charge in [0.15, 0.2) is 11.2 Å². The van der Waals surface area contributed by atoms with Crippen LogP contribution in [0.4, 0.5) is 11.4 Å². The number of anilines is 1. The van der Waals surface area contributed by atoms with E-state index < -0.39 is 28.3 Å². The fourth-order valence-electron chi connectivity index (χ4n) is 6.15. The second kappa shape index (κ2) is 8.02. The van der Waals surface area contributed by atoms with Crippen LogP contribution in [0.15, 0.2) is 47.0 Å². The standard InChI is InChI=1S/C25H22ClN5O6/c1-13-21(31(34)35)23(37-27-13)20-22(14-4-7-16(36-3)8-5-14)29-11-10-19(32)30(29)25(20)17-12-15(26)6-9-18(17)28(2)24(25)33/h4-9,12,20,22H,10-11H2,1-3H3. The highest BCUT2D eigenvalue weighted by molar-refractivity contribution is 6.31. The van der Waals surface area contributed by atoms with Gasteiger partial charge in [-0.3, -0.25) is 24.7 Å². The molecule has 0 saturated carbocycles. The molecule has 3 unspecified atom stereocenters. The quantitative estimate of drug-likeness (QED) is 0.374. The number of benzene rings is 2. The van der Waals surface area contributed by atoms with Gasteiger partial charge in [-0.2, -0.15) is 0 Å². The van der Waals surface area contributed by atoms with Crippen LogP contribution in [0.5, 0.6) is 5.75 Å². The molecule has 0 bridgehead atoms. The molecule has 1 spiro atoms. The lowest BCUT2D eigenvalue weighted by Gasteiger charge is -2.35. The molecule has 11 nitrogen and oxygen atoms in total. The van der Waals surface area contributed by atoms with E-state index in [1.54, 1.807) is 44.5 Å².